The predicted octanol–water partition coefficient (Wildman–Crippen LogP) is 4.37. The van der Waals surface area contributed by atoms with Gasteiger partial charge >= 0.3 is 0 Å². The van der Waals surface area contributed by atoms with Crippen LogP contribution >= 0.6 is 0 Å². The third-order valence-electron chi connectivity index (χ3n) is 2.17. The van der Waals surface area contributed by atoms with Gasteiger partial charge in [-0.1, -0.05) is 42.5 Å². The van der Waals surface area contributed by atoms with Crippen LogP contribution in [0.15, 0.2) is 42.5 Å². The smallest absolute Gasteiger partial charge is 0.0279 e. The lowest BCUT2D eigenvalue weighted by molar-refractivity contribution is 0.751. The highest BCUT2D eigenvalue weighted by molar-refractivity contribution is 5.11. The molecule has 1 aliphatic carbocycles. The molecule has 14 heavy (non-hydrogen) atoms. The molecule has 0 aliphatic heterocycles. The summed E-state index contributed by atoms with van der Waals surface area (Å²) in [5, 5.41) is 0. The highest BCUT2D eigenvalue weighted by atomic mass is 13.9. The summed E-state index contributed by atoms with van der Waals surface area (Å²) >= 11 is 0. The molecule has 0 aromatic heterocycles. The normalized spacial score (nSPS) is 19.4. The Morgan fingerprint density at radius 3 is 2.36 bits per heavy atom. The molecule has 0 atom stereocenters. The van der Waals surface area contributed by atoms with Gasteiger partial charge in [-0.3, -0.25) is 0 Å². The second-order valence-electron chi connectivity index (χ2n) is 3.47. The van der Waals surface area contributed by atoms with Crippen molar-refractivity contribution in [3.63, 3.8) is 0 Å². The molecular weight excluding hydrogens is 168 g/mol. The molecule has 0 aromatic carbocycles. The fourth-order valence-electron chi connectivity index (χ4n) is 1.35. The van der Waals surface area contributed by atoms with Crippen molar-refractivity contribution < 1.29 is 0 Å². The molecule has 0 heteroatoms. The van der Waals surface area contributed by atoms with Crippen LogP contribution in [0.5, 0.6) is 0 Å². The van der Waals surface area contributed by atoms with Crippen LogP contribution in [0.1, 0.15) is 38.5 Å². The average Bonchev–Trinajstić information content (AvgIpc) is 2.22. The Bertz CT molecular complexity index is 228. The van der Waals surface area contributed by atoms with Crippen molar-refractivity contribution in [3.8, 4) is 0 Å². The van der Waals surface area contributed by atoms with Crippen LogP contribution < -0.4 is 0 Å². The second-order valence-corrected chi connectivity index (χ2v) is 3.47. The maximum absolute atomic E-state index is 3.34. The Morgan fingerprint density at radius 1 is 0.714 bits per heavy atom. The molecule has 0 amide bonds. The topological polar surface area (TPSA) is 0 Å². The summed E-state index contributed by atoms with van der Waals surface area (Å²) in [7, 11) is 0. The number of hydrogen-bond donors (Lipinski definition) is 0. The Morgan fingerprint density at radius 2 is 1.50 bits per heavy atom. The van der Waals surface area contributed by atoms with Gasteiger partial charge < -0.3 is 0 Å². The minimum Gasteiger partial charge on any atom is -0.0845 e. The molecule has 0 N–H and O–H groups in total. The van der Waals surface area contributed by atoms with Crippen LogP contribution in [-0.2, 0) is 0 Å². The lowest BCUT2D eigenvalue weighted by Gasteiger charge is -1.93. The van der Waals surface area contributed by atoms with Gasteiger partial charge in [-0.25, -0.2) is 0 Å². The molecule has 0 bridgehead atoms. The van der Waals surface area contributed by atoms with Crippen molar-refractivity contribution in [2.45, 2.75) is 38.5 Å². The van der Waals surface area contributed by atoms with Gasteiger partial charge in [-0.2, -0.15) is 0 Å². The molecule has 1 aliphatic rings. The zero-order chi connectivity index (χ0) is 9.90. The van der Waals surface area contributed by atoms with E-state index in [4.69, 9.17) is 0 Å². The average molecular weight is 187 g/mol. The number of rotatable bonds is 0. The lowest BCUT2D eigenvalue weighted by atomic mass is 10.1. The zero-order valence-corrected chi connectivity index (χ0v) is 8.78. The van der Waals surface area contributed by atoms with Crippen LogP contribution in [0.25, 0.3) is 0 Å². The summed E-state index contributed by atoms with van der Waals surface area (Å²) in [4.78, 5) is 0. The van der Waals surface area contributed by atoms with Crippen LogP contribution in [0.2, 0.25) is 0 Å². The number of allylic oxidation sites excluding steroid dienone is 8. The van der Waals surface area contributed by atoms with Crippen molar-refractivity contribution in [1.29, 1.82) is 0 Å². The maximum atomic E-state index is 3.34. The van der Waals surface area contributed by atoms with E-state index in [0.29, 0.717) is 0 Å². The van der Waals surface area contributed by atoms with Gasteiger partial charge in [0, 0.05) is 0 Å². The quantitative estimate of drug-likeness (QED) is 0.528. The van der Waals surface area contributed by atoms with E-state index in [9.17, 15) is 0 Å². The lowest BCUT2D eigenvalue weighted by Crippen LogP contribution is -1.74. The molecule has 0 spiro atoms. The second kappa shape index (κ2) is 8.55. The highest BCUT2D eigenvalue weighted by Crippen LogP contribution is 2.03. The molecule has 0 fully saturated rings. The minimum absolute atomic E-state index is 1.12. The molecule has 75 valence electrons. The molecule has 1 rings (SSSR count). The summed E-state index contributed by atoms with van der Waals surface area (Å²) in [6, 6.07) is 0. The van der Waals surface area contributed by atoms with E-state index < -0.39 is 0 Å². The van der Waals surface area contributed by atoms with Crippen molar-refractivity contribution in [2.75, 3.05) is 0 Å². The highest BCUT2D eigenvalue weighted by Gasteiger charge is 1.84. The Balaban J connectivity index is 2.35. The summed E-state index contributed by atoms with van der Waals surface area (Å²) in [5.41, 5.74) is 0. The van der Waals surface area contributed by atoms with E-state index >= 15 is 0 Å². The van der Waals surface area contributed by atoms with E-state index in [0.717, 1.165) is 19.3 Å². The Hall–Kier alpha value is -1.04. The van der Waals surface area contributed by atoms with Crippen molar-refractivity contribution in [3.05, 3.63) is 48.6 Å². The van der Waals surface area contributed by atoms with E-state index in [-0.39, 0.29) is 0 Å². The van der Waals surface area contributed by atoms with Crippen molar-refractivity contribution in [1.82, 2.24) is 0 Å². The summed E-state index contributed by atoms with van der Waals surface area (Å²) in [5.74, 6) is 0. The fraction of sp³-hybridized carbons (Fsp3) is 0.429. The first-order chi connectivity index (χ1) is 7.00. The standard InChI is InChI=1S/C14H19/c1-2-4-6-8-10-12-14-13-11-9-7-5-3-1/h1-6,11H,7-10,12,14H2. The first-order valence-corrected chi connectivity index (χ1v) is 5.53. The summed E-state index contributed by atoms with van der Waals surface area (Å²) in [6.07, 6.45) is 25.5. The molecule has 0 saturated heterocycles. The molecule has 0 aromatic rings. The van der Waals surface area contributed by atoms with Gasteiger partial charge in [0.1, 0.15) is 0 Å². The van der Waals surface area contributed by atoms with Crippen LogP contribution in [-0.4, -0.2) is 0 Å². The molecule has 0 nitrogen and oxygen atoms in total. The molecular formula is C14H19. The van der Waals surface area contributed by atoms with Gasteiger partial charge in [0.25, 0.3) is 0 Å². The van der Waals surface area contributed by atoms with E-state index in [1.54, 1.807) is 0 Å². The van der Waals surface area contributed by atoms with Crippen LogP contribution in [0, 0.1) is 6.08 Å². The van der Waals surface area contributed by atoms with Crippen LogP contribution in [0.4, 0.5) is 0 Å². The summed E-state index contributed by atoms with van der Waals surface area (Å²) < 4.78 is 0. The summed E-state index contributed by atoms with van der Waals surface area (Å²) in [6.45, 7) is 0. The first-order valence-electron chi connectivity index (χ1n) is 5.53. The maximum Gasteiger partial charge on any atom is -0.0279 e. The molecule has 1 radical (unpaired) electrons. The third-order valence-corrected chi connectivity index (χ3v) is 2.17. The minimum atomic E-state index is 1.12. The Labute approximate surface area is 87.7 Å². The van der Waals surface area contributed by atoms with Gasteiger partial charge in [0.05, 0.1) is 0 Å². The van der Waals surface area contributed by atoms with E-state index in [2.05, 4.69) is 48.6 Å². The molecule has 0 unspecified atom stereocenters. The van der Waals surface area contributed by atoms with Gasteiger partial charge in [0.2, 0.25) is 0 Å². The van der Waals surface area contributed by atoms with E-state index in [1.807, 2.05) is 0 Å². The van der Waals surface area contributed by atoms with Crippen molar-refractivity contribution in [2.24, 2.45) is 0 Å². The first kappa shape index (κ1) is 11.0. The monoisotopic (exact) mass is 187 g/mol. The van der Waals surface area contributed by atoms with Gasteiger partial charge in [-0.05, 0) is 44.6 Å². The van der Waals surface area contributed by atoms with Gasteiger partial charge in [-0.15, -0.1) is 0 Å². The van der Waals surface area contributed by atoms with Gasteiger partial charge in [0.15, 0.2) is 0 Å². The van der Waals surface area contributed by atoms with Crippen LogP contribution in [0.3, 0.4) is 0 Å². The molecule has 0 saturated carbocycles. The SMILES string of the molecule is [C]1=CCCC=CC=CC=CCCCC1. The number of hydrogen-bond acceptors (Lipinski definition) is 0. The Kier molecular flexibility index (Phi) is 6.74. The zero-order valence-electron chi connectivity index (χ0n) is 8.78. The largest absolute Gasteiger partial charge is 0.0845 e. The molecule has 0 heterocycles. The predicted molar refractivity (Wildman–Crippen MR) is 62.9 cm³/mol. The third kappa shape index (κ3) is 6.47. The fourth-order valence-corrected chi connectivity index (χ4v) is 1.35. The van der Waals surface area contributed by atoms with Crippen molar-refractivity contribution >= 4 is 0 Å². The van der Waals surface area contributed by atoms with E-state index in [1.165, 1.54) is 19.3 Å².